The van der Waals surface area contributed by atoms with Gasteiger partial charge in [-0.1, -0.05) is 72.9 Å². The third-order valence-electron chi connectivity index (χ3n) is 6.66. The first-order valence-electron chi connectivity index (χ1n) is 12.7. The second-order valence-electron chi connectivity index (χ2n) is 9.71. The van der Waals surface area contributed by atoms with Crippen LogP contribution in [0.25, 0.3) is 0 Å². The number of benzene rings is 3. The Morgan fingerprint density at radius 2 is 1.52 bits per heavy atom. The average Bonchev–Trinajstić information content (AvgIpc) is 2.90. The smallest absolute Gasteiger partial charge is 0.256 e. The molecule has 0 bridgehead atoms. The lowest BCUT2D eigenvalue weighted by atomic mass is 9.88. The fourth-order valence-corrected chi connectivity index (χ4v) is 5.66. The highest BCUT2D eigenvalue weighted by Gasteiger charge is 2.48. The minimum Gasteiger partial charge on any atom is -0.358 e. The van der Waals surface area contributed by atoms with Crippen LogP contribution in [0.5, 0.6) is 0 Å². The lowest BCUT2D eigenvalue weighted by Gasteiger charge is -2.47. The minimum atomic E-state index is -3.90. The van der Waals surface area contributed by atoms with Crippen molar-refractivity contribution < 1.29 is 27.1 Å². The van der Waals surface area contributed by atoms with Crippen molar-refractivity contribution >= 4 is 45.0 Å². The van der Waals surface area contributed by atoms with Crippen molar-refractivity contribution in [3.63, 3.8) is 0 Å². The molecular formula is C29H29Cl2FN2O5S. The molecule has 2 amide bonds. The summed E-state index contributed by atoms with van der Waals surface area (Å²) in [6.45, 7) is 1.84. The van der Waals surface area contributed by atoms with Crippen LogP contribution in [0.2, 0.25) is 10.0 Å². The molecule has 1 heterocycles. The number of halogens is 3. The molecule has 3 aromatic carbocycles. The topological polar surface area (TPSA) is 92.8 Å². The molecule has 4 atom stereocenters. The predicted molar refractivity (Wildman–Crippen MR) is 152 cm³/mol. The molecule has 0 aromatic heterocycles. The Balaban J connectivity index is 1.88. The summed E-state index contributed by atoms with van der Waals surface area (Å²) in [5.74, 6) is -1.71. The summed E-state index contributed by atoms with van der Waals surface area (Å²) in [6.07, 6.45) is -0.104. The fraction of sp³-hybridized carbons (Fsp3) is 0.310. The number of hydrogen-bond acceptors (Lipinski definition) is 5. The van der Waals surface area contributed by atoms with Crippen LogP contribution < -0.4 is 4.72 Å². The van der Waals surface area contributed by atoms with Crippen LogP contribution in [-0.4, -0.2) is 43.5 Å². The number of amides is 2. The third kappa shape index (κ3) is 7.20. The molecule has 40 heavy (non-hydrogen) atoms. The van der Waals surface area contributed by atoms with Gasteiger partial charge in [0.2, 0.25) is 10.0 Å². The maximum Gasteiger partial charge on any atom is 0.256 e. The normalized spacial score (nSPS) is 20.3. The van der Waals surface area contributed by atoms with Crippen molar-refractivity contribution in [2.45, 2.75) is 50.5 Å². The highest BCUT2D eigenvalue weighted by molar-refractivity contribution is 7.89. The van der Waals surface area contributed by atoms with Gasteiger partial charge in [0, 0.05) is 16.5 Å². The monoisotopic (exact) mass is 606 g/mol. The van der Waals surface area contributed by atoms with Crippen LogP contribution >= 0.6 is 23.2 Å². The molecule has 3 aromatic rings. The van der Waals surface area contributed by atoms with Gasteiger partial charge in [0.25, 0.3) is 11.8 Å². The van der Waals surface area contributed by atoms with Crippen molar-refractivity contribution in [2.75, 3.05) is 6.26 Å². The van der Waals surface area contributed by atoms with E-state index in [4.69, 9.17) is 27.9 Å². The van der Waals surface area contributed by atoms with Crippen LogP contribution in [0, 0.1) is 5.82 Å². The lowest BCUT2D eigenvalue weighted by Crippen LogP contribution is -2.59. The van der Waals surface area contributed by atoms with Crippen LogP contribution in [0.4, 0.5) is 4.39 Å². The summed E-state index contributed by atoms with van der Waals surface area (Å²) >= 11 is 12.3. The minimum absolute atomic E-state index is 0.111. The number of rotatable bonds is 9. The molecule has 1 aliphatic rings. The van der Waals surface area contributed by atoms with Crippen molar-refractivity contribution in [1.29, 1.82) is 0 Å². The summed E-state index contributed by atoms with van der Waals surface area (Å²) in [6, 6.07) is 17.6. The van der Waals surface area contributed by atoms with E-state index in [0.29, 0.717) is 33.2 Å². The molecule has 11 heteroatoms. The van der Waals surface area contributed by atoms with Gasteiger partial charge in [-0.25, -0.2) is 12.8 Å². The van der Waals surface area contributed by atoms with Crippen LogP contribution in [0.3, 0.4) is 0 Å². The van der Waals surface area contributed by atoms with Gasteiger partial charge in [0.15, 0.2) is 0 Å². The molecule has 212 valence electrons. The Bertz CT molecular complexity index is 1450. The van der Waals surface area contributed by atoms with E-state index in [0.717, 1.165) is 6.26 Å². The number of nitrogens with zero attached hydrogens (tertiary/aromatic N) is 1. The van der Waals surface area contributed by atoms with Crippen LogP contribution in [0.15, 0.2) is 72.8 Å². The van der Waals surface area contributed by atoms with Crippen molar-refractivity contribution in [2.24, 2.45) is 0 Å². The number of nitrogens with one attached hydrogen (secondary N) is 1. The molecule has 1 fully saturated rings. The standard InChI is InChI=1S/C29H29Cl2FN2O5S/c1-3-4-24(28(35)33-40(2,37)38)34-26(19-7-11-21(30)12-8-19)27(20-9-13-22(31)14-10-20)39-25(29(34)36)17-18-5-15-23(32)16-6-18/h5-16,24-27H,3-4,17H2,1-2H3,(H,33,35)/t24?,25-,26+,27-/m1/s1. The van der Waals surface area contributed by atoms with Gasteiger partial charge in [-0.15, -0.1) is 0 Å². The van der Waals surface area contributed by atoms with Crippen LogP contribution in [0.1, 0.15) is 48.6 Å². The van der Waals surface area contributed by atoms with E-state index in [2.05, 4.69) is 4.72 Å². The van der Waals surface area contributed by atoms with Gasteiger partial charge >= 0.3 is 0 Å². The summed E-state index contributed by atoms with van der Waals surface area (Å²) in [5.41, 5.74) is 2.00. The molecule has 0 radical (unpaired) electrons. The Hall–Kier alpha value is -2.98. The van der Waals surface area contributed by atoms with Crippen molar-refractivity contribution in [1.82, 2.24) is 9.62 Å². The van der Waals surface area contributed by atoms with E-state index >= 15 is 0 Å². The second-order valence-corrected chi connectivity index (χ2v) is 12.3. The molecule has 4 rings (SSSR count). The maximum absolute atomic E-state index is 14.2. The molecule has 0 spiro atoms. The number of carbonyl (C=O) groups is 2. The first-order chi connectivity index (χ1) is 19.0. The summed E-state index contributed by atoms with van der Waals surface area (Å²) < 4.78 is 46.2. The van der Waals surface area contributed by atoms with Crippen LogP contribution in [-0.2, 0) is 30.8 Å². The van der Waals surface area contributed by atoms with Crippen molar-refractivity contribution in [3.8, 4) is 0 Å². The highest BCUT2D eigenvalue weighted by atomic mass is 35.5. The molecule has 1 unspecified atom stereocenters. The van der Waals surface area contributed by atoms with Gasteiger partial charge in [0.05, 0.1) is 12.3 Å². The predicted octanol–water partition coefficient (Wildman–Crippen LogP) is 5.63. The average molecular weight is 608 g/mol. The number of morpholine rings is 1. The molecule has 1 aliphatic heterocycles. The first-order valence-corrected chi connectivity index (χ1v) is 15.4. The summed E-state index contributed by atoms with van der Waals surface area (Å²) in [7, 11) is -3.90. The lowest BCUT2D eigenvalue weighted by molar-refractivity contribution is -0.181. The highest BCUT2D eigenvalue weighted by Crippen LogP contribution is 2.44. The summed E-state index contributed by atoms with van der Waals surface area (Å²) in [5, 5.41) is 0.991. The van der Waals surface area contributed by atoms with E-state index in [1.807, 2.05) is 6.92 Å². The number of ether oxygens (including phenoxy) is 1. The third-order valence-corrected chi connectivity index (χ3v) is 7.73. The van der Waals surface area contributed by atoms with Gasteiger partial charge in [0.1, 0.15) is 24.1 Å². The number of hydrogen-bond donors (Lipinski definition) is 1. The second kappa shape index (κ2) is 12.7. The van der Waals surface area contributed by atoms with Gasteiger partial charge in [-0.3, -0.25) is 14.3 Å². The Morgan fingerprint density at radius 3 is 2.05 bits per heavy atom. The zero-order valence-corrected chi connectivity index (χ0v) is 24.2. The molecule has 0 saturated carbocycles. The quantitative estimate of drug-likeness (QED) is 0.341. The first kappa shape index (κ1) is 30.0. The number of carbonyl (C=O) groups excluding carboxylic acids is 2. The van der Waals surface area contributed by atoms with Gasteiger partial charge in [-0.2, -0.15) is 0 Å². The Kier molecular flexibility index (Phi) is 9.51. The molecular weight excluding hydrogens is 578 g/mol. The molecule has 7 nitrogen and oxygen atoms in total. The Labute approximate surface area is 243 Å². The molecule has 1 N–H and O–H groups in total. The zero-order valence-electron chi connectivity index (χ0n) is 21.9. The largest absolute Gasteiger partial charge is 0.358 e. The number of sulfonamides is 1. The maximum atomic E-state index is 14.2. The van der Waals surface area contributed by atoms with Gasteiger partial charge in [-0.05, 0) is 59.5 Å². The van der Waals surface area contributed by atoms with Crippen molar-refractivity contribution in [3.05, 3.63) is 105 Å². The fourth-order valence-electron chi connectivity index (χ4n) is 4.91. The van der Waals surface area contributed by atoms with Gasteiger partial charge < -0.3 is 9.64 Å². The van der Waals surface area contributed by atoms with E-state index in [9.17, 15) is 22.4 Å². The zero-order chi connectivity index (χ0) is 29.0. The van der Waals surface area contributed by atoms with E-state index in [1.165, 1.54) is 17.0 Å². The Morgan fingerprint density at radius 1 is 0.975 bits per heavy atom. The molecule has 1 saturated heterocycles. The van der Waals surface area contributed by atoms with E-state index in [-0.39, 0.29) is 12.8 Å². The summed E-state index contributed by atoms with van der Waals surface area (Å²) in [4.78, 5) is 29.1. The van der Waals surface area contributed by atoms with E-state index < -0.39 is 51.9 Å². The molecule has 0 aliphatic carbocycles. The SMILES string of the molecule is CCCC(C(=O)NS(C)(=O)=O)N1C(=O)[C@@H](Cc2ccc(F)cc2)O[C@H](c2ccc(Cl)cc2)[C@@H]1c1ccc(Cl)cc1. The van der Waals surface area contributed by atoms with E-state index in [1.54, 1.807) is 60.7 Å².